The summed E-state index contributed by atoms with van der Waals surface area (Å²) < 4.78 is 0. The number of hydrogen-bond donors (Lipinski definition) is 0. The average Bonchev–Trinajstić information content (AvgIpc) is 2.64. The lowest BCUT2D eigenvalue weighted by Gasteiger charge is -2.16. The van der Waals surface area contributed by atoms with Gasteiger partial charge in [-0.2, -0.15) is 0 Å². The van der Waals surface area contributed by atoms with Crippen LogP contribution in [0.15, 0.2) is 30.3 Å². The number of hydrogen-bond acceptors (Lipinski definition) is 1. The maximum Gasteiger partial charge on any atom is 0.0441 e. The van der Waals surface area contributed by atoms with Gasteiger partial charge in [-0.15, -0.1) is 0 Å². The van der Waals surface area contributed by atoms with Gasteiger partial charge in [0, 0.05) is 25.2 Å². The van der Waals surface area contributed by atoms with E-state index in [2.05, 4.69) is 61.5 Å². The predicted octanol–water partition coefficient (Wildman–Crippen LogP) is 3.39. The third kappa shape index (κ3) is 1.09. The largest absolute Gasteiger partial charge is 0.377 e. The fraction of sp³-hybridized carbons (Fsp3) is 0.143. The molecule has 0 aromatic heterocycles. The molecule has 0 amide bonds. The van der Waals surface area contributed by atoms with Crippen molar-refractivity contribution in [3.8, 4) is 0 Å². The van der Waals surface area contributed by atoms with Crippen molar-refractivity contribution in [1.29, 1.82) is 0 Å². The minimum Gasteiger partial charge on any atom is -0.377 e. The smallest absolute Gasteiger partial charge is 0.0441 e. The fourth-order valence-electron chi connectivity index (χ4n) is 2.29. The molecule has 1 heteroatoms. The first-order chi connectivity index (χ1) is 7.27. The van der Waals surface area contributed by atoms with Gasteiger partial charge in [0.25, 0.3) is 0 Å². The topological polar surface area (TPSA) is 3.24 Å². The summed E-state index contributed by atoms with van der Waals surface area (Å²) in [7, 11) is 4.18. The molecule has 0 N–H and O–H groups in total. The monoisotopic (exact) mass is 195 g/mol. The molecule has 0 radical (unpaired) electrons. The Morgan fingerprint density at radius 2 is 1.60 bits per heavy atom. The van der Waals surface area contributed by atoms with E-state index in [1.165, 1.54) is 27.6 Å². The minimum atomic E-state index is 1.29. The molecule has 1 aliphatic rings. The Hall–Kier alpha value is -1.76. The molecule has 0 fully saturated rings. The molecule has 0 bridgehead atoms. The zero-order valence-corrected chi connectivity index (χ0v) is 8.99. The van der Waals surface area contributed by atoms with Gasteiger partial charge in [0.2, 0.25) is 0 Å². The summed E-state index contributed by atoms with van der Waals surface area (Å²) in [5.41, 5.74) is 3.97. The fourth-order valence-corrected chi connectivity index (χ4v) is 2.29. The van der Waals surface area contributed by atoms with E-state index in [1.807, 2.05) is 0 Å². The van der Waals surface area contributed by atoms with Gasteiger partial charge < -0.3 is 4.90 Å². The molecule has 1 aliphatic carbocycles. The third-order valence-corrected chi connectivity index (χ3v) is 3.01. The molecule has 0 spiro atoms. The van der Waals surface area contributed by atoms with Crippen LogP contribution in [0.5, 0.6) is 0 Å². The molecular weight excluding hydrogens is 182 g/mol. The zero-order valence-electron chi connectivity index (χ0n) is 8.99. The molecular formula is C14H13N. The van der Waals surface area contributed by atoms with Crippen LogP contribution in [0.25, 0.3) is 22.9 Å². The zero-order chi connectivity index (χ0) is 10.4. The van der Waals surface area contributed by atoms with Crippen molar-refractivity contribution in [3.05, 3.63) is 41.5 Å². The van der Waals surface area contributed by atoms with Gasteiger partial charge in [0.15, 0.2) is 0 Å². The molecule has 2 aromatic rings. The van der Waals surface area contributed by atoms with Crippen molar-refractivity contribution in [2.75, 3.05) is 19.0 Å². The highest BCUT2D eigenvalue weighted by Crippen LogP contribution is 2.35. The number of nitrogens with zero attached hydrogens (tertiary/aromatic N) is 1. The highest BCUT2D eigenvalue weighted by molar-refractivity contribution is 6.09. The Morgan fingerprint density at radius 3 is 2.33 bits per heavy atom. The molecule has 1 nitrogen and oxygen atoms in total. The summed E-state index contributed by atoms with van der Waals surface area (Å²) in [4.78, 5) is 2.17. The Morgan fingerprint density at radius 1 is 0.867 bits per heavy atom. The van der Waals surface area contributed by atoms with Crippen LogP contribution in [0.2, 0.25) is 0 Å². The molecule has 0 aliphatic heterocycles. The summed E-state index contributed by atoms with van der Waals surface area (Å²) >= 11 is 0. The van der Waals surface area contributed by atoms with E-state index in [0.717, 1.165) is 0 Å². The highest BCUT2D eigenvalue weighted by atomic mass is 15.1. The van der Waals surface area contributed by atoms with E-state index in [4.69, 9.17) is 0 Å². The summed E-state index contributed by atoms with van der Waals surface area (Å²) in [6, 6.07) is 10.9. The van der Waals surface area contributed by atoms with Crippen molar-refractivity contribution in [1.82, 2.24) is 0 Å². The van der Waals surface area contributed by atoms with Gasteiger partial charge in [-0.05, 0) is 22.6 Å². The first-order valence-electron chi connectivity index (χ1n) is 5.18. The average molecular weight is 195 g/mol. The van der Waals surface area contributed by atoms with E-state index in [9.17, 15) is 0 Å². The summed E-state index contributed by atoms with van der Waals surface area (Å²) in [5.74, 6) is 0. The van der Waals surface area contributed by atoms with Crippen LogP contribution in [-0.4, -0.2) is 14.1 Å². The van der Waals surface area contributed by atoms with Crippen LogP contribution in [0.1, 0.15) is 11.1 Å². The standard InChI is InChI=1S/C14H13N/c1-15(2)13-9-8-11-7-6-10-4-3-5-12(13)14(10)11/h3-9H,1-2H3. The first-order valence-corrected chi connectivity index (χ1v) is 5.18. The van der Waals surface area contributed by atoms with Crippen LogP contribution < -0.4 is 4.90 Å². The van der Waals surface area contributed by atoms with Crippen molar-refractivity contribution in [2.45, 2.75) is 0 Å². The Kier molecular flexibility index (Phi) is 1.63. The quantitative estimate of drug-likeness (QED) is 0.575. The SMILES string of the molecule is CN(C)c1ccc2c3c(cccc13)C=C2. The van der Waals surface area contributed by atoms with Crippen LogP contribution in [0, 0.1) is 0 Å². The normalized spacial score (nSPS) is 12.4. The van der Waals surface area contributed by atoms with Crippen LogP contribution in [0.4, 0.5) is 5.69 Å². The van der Waals surface area contributed by atoms with Gasteiger partial charge in [-0.1, -0.05) is 36.4 Å². The first kappa shape index (κ1) is 8.54. The molecule has 0 saturated carbocycles. The number of anilines is 1. The van der Waals surface area contributed by atoms with E-state index in [1.54, 1.807) is 0 Å². The van der Waals surface area contributed by atoms with Gasteiger partial charge in [0.05, 0.1) is 0 Å². The van der Waals surface area contributed by atoms with Gasteiger partial charge >= 0.3 is 0 Å². The molecule has 2 aromatic carbocycles. The molecule has 3 rings (SSSR count). The molecule has 15 heavy (non-hydrogen) atoms. The van der Waals surface area contributed by atoms with Crippen molar-refractivity contribution in [2.24, 2.45) is 0 Å². The number of rotatable bonds is 1. The Bertz CT molecular complexity index is 553. The lowest BCUT2D eigenvalue weighted by Crippen LogP contribution is -2.09. The van der Waals surface area contributed by atoms with E-state index in [-0.39, 0.29) is 0 Å². The molecule has 0 atom stereocenters. The second-order valence-electron chi connectivity index (χ2n) is 4.17. The lowest BCUT2D eigenvalue weighted by molar-refractivity contribution is 1.14. The van der Waals surface area contributed by atoms with Crippen molar-refractivity contribution >= 4 is 28.6 Å². The van der Waals surface area contributed by atoms with Crippen LogP contribution in [-0.2, 0) is 0 Å². The van der Waals surface area contributed by atoms with E-state index >= 15 is 0 Å². The third-order valence-electron chi connectivity index (χ3n) is 3.01. The number of benzene rings is 2. The molecule has 0 heterocycles. The van der Waals surface area contributed by atoms with Crippen molar-refractivity contribution in [3.63, 3.8) is 0 Å². The Labute approximate surface area is 89.6 Å². The van der Waals surface area contributed by atoms with Gasteiger partial charge in [0.1, 0.15) is 0 Å². The Balaban J connectivity index is 2.46. The van der Waals surface area contributed by atoms with Crippen LogP contribution >= 0.6 is 0 Å². The van der Waals surface area contributed by atoms with Crippen molar-refractivity contribution < 1.29 is 0 Å². The molecule has 0 unspecified atom stereocenters. The summed E-state index contributed by atoms with van der Waals surface area (Å²) in [5, 5.41) is 2.74. The predicted molar refractivity (Wildman–Crippen MR) is 67.2 cm³/mol. The summed E-state index contributed by atoms with van der Waals surface area (Å²) in [6.07, 6.45) is 4.38. The van der Waals surface area contributed by atoms with E-state index in [0.29, 0.717) is 0 Å². The second kappa shape index (κ2) is 2.86. The van der Waals surface area contributed by atoms with Gasteiger partial charge in [-0.25, -0.2) is 0 Å². The molecule has 74 valence electrons. The van der Waals surface area contributed by atoms with Gasteiger partial charge in [-0.3, -0.25) is 0 Å². The lowest BCUT2D eigenvalue weighted by atomic mass is 10.0. The van der Waals surface area contributed by atoms with E-state index < -0.39 is 0 Å². The van der Waals surface area contributed by atoms with Crippen LogP contribution in [0.3, 0.4) is 0 Å². The molecule has 0 saturated heterocycles. The summed E-state index contributed by atoms with van der Waals surface area (Å²) in [6.45, 7) is 0. The minimum absolute atomic E-state index is 1.29. The maximum atomic E-state index is 2.20. The maximum absolute atomic E-state index is 2.20. The highest BCUT2D eigenvalue weighted by Gasteiger charge is 2.11. The second-order valence-corrected chi connectivity index (χ2v) is 4.17.